The Morgan fingerprint density at radius 1 is 1.30 bits per heavy atom. The van der Waals surface area contributed by atoms with Crippen LogP contribution in [0.3, 0.4) is 0 Å². The average Bonchev–Trinajstić information content (AvgIpc) is 2.39. The van der Waals surface area contributed by atoms with Crippen LogP contribution in [0.1, 0.15) is 39.5 Å². The Hall–Kier alpha value is -1.14. The molecule has 1 saturated carbocycles. The molecular weight excluding hydrogens is 274 g/mol. The summed E-state index contributed by atoms with van der Waals surface area (Å²) in [5.41, 5.74) is 0.171. The third-order valence-corrected chi connectivity index (χ3v) is 5.59. The van der Waals surface area contributed by atoms with Gasteiger partial charge < -0.3 is 5.32 Å². The number of aromatic nitrogens is 1. The number of nitrogens with one attached hydrogen (secondary N) is 2. The molecule has 0 saturated heterocycles. The van der Waals surface area contributed by atoms with E-state index in [1.54, 1.807) is 12.1 Å². The minimum atomic E-state index is -3.45. The van der Waals surface area contributed by atoms with Gasteiger partial charge >= 0.3 is 0 Å². The van der Waals surface area contributed by atoms with Gasteiger partial charge in [-0.1, -0.05) is 13.3 Å². The Morgan fingerprint density at radius 2 is 2.05 bits per heavy atom. The van der Waals surface area contributed by atoms with Crippen LogP contribution in [0.4, 0.5) is 5.82 Å². The Balaban J connectivity index is 2.02. The van der Waals surface area contributed by atoms with E-state index >= 15 is 0 Å². The monoisotopic (exact) mass is 297 g/mol. The molecule has 0 aromatic carbocycles. The number of hydrogen-bond acceptors (Lipinski definition) is 4. The van der Waals surface area contributed by atoms with Crippen LogP contribution in [0.25, 0.3) is 0 Å². The van der Waals surface area contributed by atoms with Gasteiger partial charge in [-0.2, -0.15) is 0 Å². The van der Waals surface area contributed by atoms with Crippen LogP contribution in [0.2, 0.25) is 0 Å². The molecule has 5 nitrogen and oxygen atoms in total. The normalized spacial score (nSPS) is 17.5. The molecule has 0 radical (unpaired) electrons. The number of nitrogens with zero attached hydrogens (tertiary/aromatic N) is 1. The molecule has 1 heterocycles. The van der Waals surface area contributed by atoms with Crippen molar-refractivity contribution in [3.63, 3.8) is 0 Å². The number of hydrogen-bond donors (Lipinski definition) is 2. The van der Waals surface area contributed by atoms with Gasteiger partial charge in [-0.25, -0.2) is 18.1 Å². The second-order valence-electron chi connectivity index (χ2n) is 5.44. The van der Waals surface area contributed by atoms with E-state index < -0.39 is 10.0 Å². The molecule has 112 valence electrons. The van der Waals surface area contributed by atoms with Crippen molar-refractivity contribution in [2.24, 2.45) is 5.41 Å². The summed E-state index contributed by atoms with van der Waals surface area (Å²) in [5.74, 6) is 0.690. The molecule has 1 aromatic heterocycles. The first-order chi connectivity index (χ1) is 9.51. The predicted molar refractivity (Wildman–Crippen MR) is 80.2 cm³/mol. The van der Waals surface area contributed by atoms with Crippen molar-refractivity contribution in [1.29, 1.82) is 0 Å². The Labute approximate surface area is 121 Å². The van der Waals surface area contributed by atoms with Gasteiger partial charge in [0, 0.05) is 19.3 Å². The Kier molecular flexibility index (Phi) is 4.65. The summed E-state index contributed by atoms with van der Waals surface area (Å²) in [4.78, 5) is 4.33. The molecule has 1 aliphatic rings. The summed E-state index contributed by atoms with van der Waals surface area (Å²) in [7, 11) is -3.45. The van der Waals surface area contributed by atoms with Crippen molar-refractivity contribution in [2.45, 2.75) is 44.4 Å². The molecular formula is C14H23N3O2S. The van der Waals surface area contributed by atoms with Crippen LogP contribution in [0.5, 0.6) is 0 Å². The van der Waals surface area contributed by atoms with Crippen LogP contribution >= 0.6 is 0 Å². The maximum atomic E-state index is 12.2. The molecule has 0 atom stereocenters. The quantitative estimate of drug-likeness (QED) is 0.810. The molecule has 0 aliphatic heterocycles. The lowest BCUT2D eigenvalue weighted by Crippen LogP contribution is -2.41. The maximum absolute atomic E-state index is 12.2. The first kappa shape index (κ1) is 15.3. The first-order valence-electron chi connectivity index (χ1n) is 7.21. The molecule has 1 aromatic rings. The summed E-state index contributed by atoms with van der Waals surface area (Å²) in [6.07, 6.45) is 5.86. The van der Waals surface area contributed by atoms with Crippen LogP contribution in [0, 0.1) is 5.41 Å². The van der Waals surface area contributed by atoms with Crippen molar-refractivity contribution in [1.82, 2.24) is 9.71 Å². The lowest BCUT2D eigenvalue weighted by Gasteiger charge is -2.41. The van der Waals surface area contributed by atoms with Crippen molar-refractivity contribution < 1.29 is 8.42 Å². The van der Waals surface area contributed by atoms with Crippen LogP contribution < -0.4 is 10.0 Å². The van der Waals surface area contributed by atoms with Crippen LogP contribution in [0.15, 0.2) is 23.2 Å². The van der Waals surface area contributed by atoms with E-state index in [1.807, 2.05) is 6.92 Å². The van der Waals surface area contributed by atoms with E-state index in [4.69, 9.17) is 0 Å². The van der Waals surface area contributed by atoms with Crippen molar-refractivity contribution in [3.05, 3.63) is 18.3 Å². The third-order valence-electron chi connectivity index (χ3n) is 4.21. The van der Waals surface area contributed by atoms with Gasteiger partial charge in [0.05, 0.1) is 0 Å². The SMILES string of the molecule is CCNc1ccc(S(=O)(=O)NCC2(CC)CCC2)cn1. The van der Waals surface area contributed by atoms with Crippen molar-refractivity contribution in [3.8, 4) is 0 Å². The molecule has 0 unspecified atom stereocenters. The summed E-state index contributed by atoms with van der Waals surface area (Å²) in [6.45, 7) is 5.38. The Morgan fingerprint density at radius 3 is 2.50 bits per heavy atom. The minimum Gasteiger partial charge on any atom is -0.370 e. The van der Waals surface area contributed by atoms with E-state index in [9.17, 15) is 8.42 Å². The molecule has 0 bridgehead atoms. The standard InChI is InChI=1S/C14H23N3O2S/c1-3-14(8-5-9-14)11-17-20(18,19)12-6-7-13(15-4-2)16-10-12/h6-7,10,17H,3-5,8-9,11H2,1-2H3,(H,15,16). The highest BCUT2D eigenvalue weighted by Gasteiger charge is 2.36. The summed E-state index contributed by atoms with van der Waals surface area (Å²) < 4.78 is 27.2. The van der Waals surface area contributed by atoms with E-state index in [0.717, 1.165) is 25.8 Å². The van der Waals surface area contributed by atoms with E-state index in [2.05, 4.69) is 21.9 Å². The lowest BCUT2D eigenvalue weighted by molar-refractivity contribution is 0.133. The lowest BCUT2D eigenvalue weighted by atomic mass is 9.67. The second-order valence-corrected chi connectivity index (χ2v) is 7.21. The van der Waals surface area contributed by atoms with E-state index in [1.165, 1.54) is 12.6 Å². The zero-order valence-electron chi connectivity index (χ0n) is 12.1. The largest absolute Gasteiger partial charge is 0.370 e. The highest BCUT2D eigenvalue weighted by molar-refractivity contribution is 7.89. The van der Waals surface area contributed by atoms with Crippen molar-refractivity contribution >= 4 is 15.8 Å². The van der Waals surface area contributed by atoms with E-state index in [-0.39, 0.29) is 10.3 Å². The Bertz CT molecular complexity index is 531. The van der Waals surface area contributed by atoms with Gasteiger partial charge in [0.1, 0.15) is 10.7 Å². The highest BCUT2D eigenvalue weighted by atomic mass is 32.2. The molecule has 6 heteroatoms. The fourth-order valence-electron chi connectivity index (χ4n) is 2.49. The molecule has 0 spiro atoms. The fraction of sp³-hybridized carbons (Fsp3) is 0.643. The molecule has 1 fully saturated rings. The van der Waals surface area contributed by atoms with Gasteiger partial charge in [-0.3, -0.25) is 0 Å². The number of pyridine rings is 1. The molecule has 2 rings (SSSR count). The number of anilines is 1. The zero-order valence-corrected chi connectivity index (χ0v) is 13.0. The highest BCUT2D eigenvalue weighted by Crippen LogP contribution is 2.43. The molecule has 0 amide bonds. The number of sulfonamides is 1. The van der Waals surface area contributed by atoms with Crippen molar-refractivity contribution in [2.75, 3.05) is 18.4 Å². The van der Waals surface area contributed by atoms with Gasteiger partial charge in [-0.05, 0) is 43.7 Å². The third kappa shape index (κ3) is 3.30. The molecule has 1 aliphatic carbocycles. The zero-order chi connectivity index (χ0) is 14.6. The van der Waals surface area contributed by atoms with Gasteiger partial charge in [0.2, 0.25) is 10.0 Å². The molecule has 2 N–H and O–H groups in total. The van der Waals surface area contributed by atoms with Gasteiger partial charge in [0.15, 0.2) is 0 Å². The smallest absolute Gasteiger partial charge is 0.242 e. The van der Waals surface area contributed by atoms with Gasteiger partial charge in [0.25, 0.3) is 0 Å². The summed E-state index contributed by atoms with van der Waals surface area (Å²) >= 11 is 0. The van der Waals surface area contributed by atoms with Crippen LogP contribution in [-0.4, -0.2) is 26.5 Å². The predicted octanol–water partition coefficient (Wildman–Crippen LogP) is 2.37. The summed E-state index contributed by atoms with van der Waals surface area (Å²) in [5, 5.41) is 3.04. The van der Waals surface area contributed by atoms with E-state index in [0.29, 0.717) is 12.4 Å². The fourth-order valence-corrected chi connectivity index (χ4v) is 3.59. The minimum absolute atomic E-state index is 0.171. The van der Waals surface area contributed by atoms with Gasteiger partial charge in [-0.15, -0.1) is 0 Å². The number of rotatable bonds is 7. The maximum Gasteiger partial charge on any atom is 0.242 e. The second kappa shape index (κ2) is 6.10. The average molecular weight is 297 g/mol. The topological polar surface area (TPSA) is 71.1 Å². The first-order valence-corrected chi connectivity index (χ1v) is 8.69. The molecule has 20 heavy (non-hydrogen) atoms. The van der Waals surface area contributed by atoms with Crippen LogP contribution in [-0.2, 0) is 10.0 Å². The summed E-state index contributed by atoms with van der Waals surface area (Å²) in [6, 6.07) is 3.28.